The lowest BCUT2D eigenvalue weighted by Crippen LogP contribution is -2.48. The molecule has 7 heteroatoms. The zero-order valence-electron chi connectivity index (χ0n) is 16.5. The van der Waals surface area contributed by atoms with Crippen LogP contribution in [-0.4, -0.2) is 55.2 Å². The molecular formula is C22H25ClN4O2. The van der Waals surface area contributed by atoms with Crippen LogP contribution in [0.5, 0.6) is 0 Å². The third-order valence-corrected chi connectivity index (χ3v) is 5.56. The summed E-state index contributed by atoms with van der Waals surface area (Å²) in [5.74, 6) is -0.0285. The minimum Gasteiger partial charge on any atom is -0.369 e. The fourth-order valence-corrected chi connectivity index (χ4v) is 3.88. The number of halogens is 1. The first-order chi connectivity index (χ1) is 14.1. The lowest BCUT2D eigenvalue weighted by Gasteiger charge is -2.36. The maximum absolute atomic E-state index is 12.3. The van der Waals surface area contributed by atoms with Crippen LogP contribution in [0.15, 0.2) is 47.0 Å². The van der Waals surface area contributed by atoms with Gasteiger partial charge < -0.3 is 14.7 Å². The van der Waals surface area contributed by atoms with Crippen LogP contribution in [0.25, 0.3) is 11.0 Å². The molecule has 1 aliphatic rings. The number of nitrogens with zero attached hydrogens (tertiary/aromatic N) is 3. The number of carbonyl (C=O) groups is 1. The maximum atomic E-state index is 12.3. The molecule has 1 aromatic heterocycles. The van der Waals surface area contributed by atoms with Crippen LogP contribution < -0.4 is 10.2 Å². The number of hydrogen-bond acceptors (Lipinski definition) is 5. The number of aryl methyl sites for hydroxylation is 1. The minimum atomic E-state index is -0.0285. The molecule has 2 aromatic carbocycles. The highest BCUT2D eigenvalue weighted by Gasteiger charge is 2.18. The molecule has 0 radical (unpaired) electrons. The highest BCUT2D eigenvalue weighted by Crippen LogP contribution is 2.21. The smallest absolute Gasteiger partial charge is 0.226 e. The number of amides is 1. The molecule has 1 aliphatic heterocycles. The lowest BCUT2D eigenvalue weighted by atomic mass is 10.1. The van der Waals surface area contributed by atoms with Crippen molar-refractivity contribution >= 4 is 34.2 Å². The maximum Gasteiger partial charge on any atom is 0.226 e. The molecule has 152 valence electrons. The lowest BCUT2D eigenvalue weighted by molar-refractivity contribution is -0.120. The number of hydrogen-bond donors (Lipinski definition) is 1. The summed E-state index contributed by atoms with van der Waals surface area (Å²) in [6.45, 7) is 7.34. The van der Waals surface area contributed by atoms with E-state index in [-0.39, 0.29) is 12.3 Å². The number of benzene rings is 2. The Morgan fingerprint density at radius 1 is 1.17 bits per heavy atom. The quantitative estimate of drug-likeness (QED) is 0.673. The third-order valence-electron chi connectivity index (χ3n) is 5.32. The van der Waals surface area contributed by atoms with Gasteiger partial charge in [0.15, 0.2) is 5.58 Å². The topological polar surface area (TPSA) is 61.6 Å². The molecule has 1 amide bonds. The van der Waals surface area contributed by atoms with Crippen molar-refractivity contribution in [2.75, 3.05) is 44.2 Å². The van der Waals surface area contributed by atoms with Crippen molar-refractivity contribution in [2.24, 2.45) is 0 Å². The molecule has 0 saturated carbocycles. The Morgan fingerprint density at radius 3 is 2.79 bits per heavy atom. The fourth-order valence-electron chi connectivity index (χ4n) is 3.70. The van der Waals surface area contributed by atoms with E-state index in [0.717, 1.165) is 54.3 Å². The SMILES string of the molecule is Cc1ccc2onc(CC(=O)NCCN3CCN(c4cccc(Cl)c4)CC3)c2c1. The first kappa shape index (κ1) is 19.7. The van der Waals surface area contributed by atoms with Crippen LogP contribution in [0.4, 0.5) is 5.69 Å². The average Bonchev–Trinajstić information content (AvgIpc) is 3.10. The number of nitrogens with one attached hydrogen (secondary N) is 1. The molecule has 0 atom stereocenters. The minimum absolute atomic E-state index is 0.0285. The normalized spacial score (nSPS) is 15.0. The van der Waals surface area contributed by atoms with Gasteiger partial charge in [-0.25, -0.2) is 0 Å². The fraction of sp³-hybridized carbons (Fsp3) is 0.364. The van der Waals surface area contributed by atoms with Gasteiger partial charge >= 0.3 is 0 Å². The van der Waals surface area contributed by atoms with E-state index in [0.29, 0.717) is 12.2 Å². The van der Waals surface area contributed by atoms with Gasteiger partial charge in [-0.15, -0.1) is 0 Å². The van der Waals surface area contributed by atoms with E-state index in [4.69, 9.17) is 16.1 Å². The van der Waals surface area contributed by atoms with E-state index in [1.165, 1.54) is 5.69 Å². The van der Waals surface area contributed by atoms with E-state index in [1.807, 2.05) is 43.3 Å². The van der Waals surface area contributed by atoms with Crippen molar-refractivity contribution in [3.63, 3.8) is 0 Å². The summed E-state index contributed by atoms with van der Waals surface area (Å²) in [4.78, 5) is 17.0. The summed E-state index contributed by atoms with van der Waals surface area (Å²) in [5, 5.41) is 8.74. The third kappa shape index (κ3) is 4.89. The Hall–Kier alpha value is -2.57. The molecular weight excluding hydrogens is 388 g/mol. The summed E-state index contributed by atoms with van der Waals surface area (Å²) < 4.78 is 5.31. The van der Waals surface area contributed by atoms with Gasteiger partial charge in [-0.05, 0) is 37.3 Å². The molecule has 0 spiro atoms. The second kappa shape index (κ2) is 8.84. The highest BCUT2D eigenvalue weighted by molar-refractivity contribution is 6.30. The second-order valence-electron chi connectivity index (χ2n) is 7.46. The average molecular weight is 413 g/mol. The molecule has 0 aliphatic carbocycles. The predicted octanol–water partition coefficient (Wildman–Crippen LogP) is 3.27. The summed E-state index contributed by atoms with van der Waals surface area (Å²) in [6.07, 6.45) is 0.235. The number of aromatic nitrogens is 1. The van der Waals surface area contributed by atoms with Crippen molar-refractivity contribution in [1.82, 2.24) is 15.4 Å². The first-order valence-electron chi connectivity index (χ1n) is 9.93. The molecule has 2 heterocycles. The van der Waals surface area contributed by atoms with Gasteiger partial charge in [0, 0.05) is 55.4 Å². The van der Waals surface area contributed by atoms with E-state index in [9.17, 15) is 4.79 Å². The number of anilines is 1. The van der Waals surface area contributed by atoms with Crippen LogP contribution in [0, 0.1) is 6.92 Å². The molecule has 0 bridgehead atoms. The monoisotopic (exact) mass is 412 g/mol. The van der Waals surface area contributed by atoms with E-state index < -0.39 is 0 Å². The van der Waals surface area contributed by atoms with Gasteiger partial charge in [0.05, 0.1) is 6.42 Å². The van der Waals surface area contributed by atoms with Crippen molar-refractivity contribution in [3.8, 4) is 0 Å². The van der Waals surface area contributed by atoms with Crippen LogP contribution in [-0.2, 0) is 11.2 Å². The first-order valence-corrected chi connectivity index (χ1v) is 10.3. The molecule has 29 heavy (non-hydrogen) atoms. The molecule has 3 aromatic rings. The number of carbonyl (C=O) groups excluding carboxylic acids is 1. The Kier molecular flexibility index (Phi) is 6.02. The predicted molar refractivity (Wildman–Crippen MR) is 116 cm³/mol. The zero-order valence-corrected chi connectivity index (χ0v) is 17.3. The van der Waals surface area contributed by atoms with Crippen LogP contribution in [0.2, 0.25) is 5.02 Å². The van der Waals surface area contributed by atoms with Gasteiger partial charge in [0.2, 0.25) is 5.91 Å². The summed E-state index contributed by atoms with van der Waals surface area (Å²) in [6, 6.07) is 13.9. The molecule has 1 saturated heterocycles. The van der Waals surface area contributed by atoms with E-state index in [2.05, 4.69) is 26.3 Å². The van der Waals surface area contributed by atoms with Gasteiger partial charge in [0.1, 0.15) is 5.69 Å². The Balaban J connectivity index is 1.21. The molecule has 1 N–H and O–H groups in total. The Morgan fingerprint density at radius 2 is 2.00 bits per heavy atom. The van der Waals surface area contributed by atoms with Crippen molar-refractivity contribution in [1.29, 1.82) is 0 Å². The number of rotatable bonds is 6. The van der Waals surface area contributed by atoms with Crippen molar-refractivity contribution in [3.05, 3.63) is 58.7 Å². The standard InChI is InChI=1S/C22H25ClN4O2/c1-16-5-6-21-19(13-16)20(25-29-21)15-22(28)24-7-8-26-9-11-27(12-10-26)18-4-2-3-17(23)14-18/h2-6,13-14H,7-12,15H2,1H3,(H,24,28). The van der Waals surface area contributed by atoms with Crippen LogP contribution in [0.3, 0.4) is 0 Å². The van der Waals surface area contributed by atoms with Gasteiger partial charge in [-0.1, -0.05) is 34.5 Å². The van der Waals surface area contributed by atoms with Crippen molar-refractivity contribution in [2.45, 2.75) is 13.3 Å². The zero-order chi connectivity index (χ0) is 20.2. The number of fused-ring (bicyclic) bond motifs is 1. The largest absolute Gasteiger partial charge is 0.369 e. The van der Waals surface area contributed by atoms with Gasteiger partial charge in [-0.2, -0.15) is 0 Å². The second-order valence-corrected chi connectivity index (χ2v) is 7.90. The van der Waals surface area contributed by atoms with Crippen LogP contribution in [0.1, 0.15) is 11.3 Å². The molecule has 0 unspecified atom stereocenters. The summed E-state index contributed by atoms with van der Waals surface area (Å²) >= 11 is 6.09. The Bertz CT molecular complexity index is 995. The summed E-state index contributed by atoms with van der Waals surface area (Å²) in [5.41, 5.74) is 3.70. The van der Waals surface area contributed by atoms with Crippen molar-refractivity contribution < 1.29 is 9.32 Å². The Labute approximate surface area is 175 Å². The van der Waals surface area contributed by atoms with Gasteiger partial charge in [0.25, 0.3) is 0 Å². The highest BCUT2D eigenvalue weighted by atomic mass is 35.5. The molecule has 1 fully saturated rings. The molecule has 4 rings (SSSR count). The van der Waals surface area contributed by atoms with Gasteiger partial charge in [-0.3, -0.25) is 9.69 Å². The number of piperazine rings is 1. The van der Waals surface area contributed by atoms with Crippen LogP contribution >= 0.6 is 11.6 Å². The van der Waals surface area contributed by atoms with E-state index in [1.54, 1.807) is 0 Å². The summed E-state index contributed by atoms with van der Waals surface area (Å²) in [7, 11) is 0. The molecule has 6 nitrogen and oxygen atoms in total. The van der Waals surface area contributed by atoms with E-state index >= 15 is 0 Å².